The van der Waals surface area contributed by atoms with Crippen LogP contribution in [0.15, 0.2) is 18.2 Å². The second-order valence-corrected chi connectivity index (χ2v) is 4.95. The van der Waals surface area contributed by atoms with Gasteiger partial charge in [-0.25, -0.2) is 0 Å². The van der Waals surface area contributed by atoms with E-state index in [4.69, 9.17) is 22.1 Å². The zero-order chi connectivity index (χ0) is 13.7. The Morgan fingerprint density at radius 3 is 2.67 bits per heavy atom. The summed E-state index contributed by atoms with van der Waals surface area (Å²) in [7, 11) is 0. The molecule has 1 unspecified atom stereocenters. The highest BCUT2D eigenvalue weighted by Crippen LogP contribution is 2.23. The third-order valence-corrected chi connectivity index (χ3v) is 3.00. The van der Waals surface area contributed by atoms with E-state index in [0.29, 0.717) is 22.3 Å². The topological polar surface area (TPSA) is 64.3 Å². The van der Waals surface area contributed by atoms with E-state index in [1.54, 1.807) is 18.2 Å². The molecule has 0 heterocycles. The summed E-state index contributed by atoms with van der Waals surface area (Å²) in [6.45, 7) is 6.03. The number of amides is 1. The lowest BCUT2D eigenvalue weighted by Crippen LogP contribution is -2.24. The van der Waals surface area contributed by atoms with Crippen LogP contribution >= 0.6 is 11.6 Å². The number of carbonyl (C=O) groups is 1. The molecular weight excluding hydrogens is 252 g/mol. The van der Waals surface area contributed by atoms with Gasteiger partial charge in [-0.1, -0.05) is 25.4 Å². The highest BCUT2D eigenvalue weighted by Gasteiger charge is 2.11. The minimum absolute atomic E-state index is 0.0139. The summed E-state index contributed by atoms with van der Waals surface area (Å²) >= 11 is 5.95. The summed E-state index contributed by atoms with van der Waals surface area (Å²) in [6.07, 6.45) is 0.0395. The lowest BCUT2D eigenvalue weighted by Gasteiger charge is -2.16. The molecule has 100 valence electrons. The number of anilines is 2. The molecule has 0 spiro atoms. The van der Waals surface area contributed by atoms with Crippen molar-refractivity contribution in [3.05, 3.63) is 23.2 Å². The maximum atomic E-state index is 11.7. The Labute approximate surface area is 112 Å². The van der Waals surface area contributed by atoms with E-state index in [1.165, 1.54) is 0 Å². The van der Waals surface area contributed by atoms with E-state index < -0.39 is 0 Å². The van der Waals surface area contributed by atoms with Gasteiger partial charge in [0, 0.05) is 5.69 Å². The van der Waals surface area contributed by atoms with Crippen LogP contribution in [0.4, 0.5) is 11.4 Å². The van der Waals surface area contributed by atoms with Gasteiger partial charge in [0.25, 0.3) is 0 Å². The van der Waals surface area contributed by atoms with Crippen molar-refractivity contribution in [3.8, 4) is 0 Å². The first-order chi connectivity index (χ1) is 8.40. The molecule has 0 aromatic heterocycles. The van der Waals surface area contributed by atoms with Gasteiger partial charge in [0.1, 0.15) is 6.61 Å². The molecule has 0 aliphatic rings. The van der Waals surface area contributed by atoms with Crippen LogP contribution in [0.5, 0.6) is 0 Å². The van der Waals surface area contributed by atoms with Crippen molar-refractivity contribution in [2.45, 2.75) is 26.9 Å². The normalized spacial score (nSPS) is 12.5. The third-order valence-electron chi connectivity index (χ3n) is 2.68. The predicted molar refractivity (Wildman–Crippen MR) is 74.7 cm³/mol. The predicted octanol–water partition coefficient (Wildman–Crippen LogP) is 2.92. The van der Waals surface area contributed by atoms with Crippen LogP contribution in [0.1, 0.15) is 20.8 Å². The first kappa shape index (κ1) is 14.8. The number of benzene rings is 1. The van der Waals surface area contributed by atoms with Gasteiger partial charge in [-0.15, -0.1) is 0 Å². The van der Waals surface area contributed by atoms with Gasteiger partial charge >= 0.3 is 0 Å². The molecule has 0 bridgehead atoms. The van der Waals surface area contributed by atoms with Gasteiger partial charge in [0.15, 0.2) is 0 Å². The second kappa shape index (κ2) is 6.61. The fourth-order valence-corrected chi connectivity index (χ4v) is 1.45. The number of carbonyl (C=O) groups excluding carboxylic acids is 1. The Bertz CT molecular complexity index is 421. The van der Waals surface area contributed by atoms with Gasteiger partial charge in [0.05, 0.1) is 16.8 Å². The Balaban J connectivity index is 2.50. The third kappa shape index (κ3) is 4.55. The summed E-state index contributed by atoms with van der Waals surface area (Å²) in [4.78, 5) is 11.7. The molecule has 4 nitrogen and oxygen atoms in total. The zero-order valence-corrected chi connectivity index (χ0v) is 11.6. The zero-order valence-electron chi connectivity index (χ0n) is 10.9. The smallest absolute Gasteiger partial charge is 0.250 e. The first-order valence-corrected chi connectivity index (χ1v) is 6.24. The van der Waals surface area contributed by atoms with Gasteiger partial charge in [-0.3, -0.25) is 4.79 Å². The summed E-state index contributed by atoms with van der Waals surface area (Å²) in [5.74, 6) is 0.145. The van der Waals surface area contributed by atoms with Gasteiger partial charge in [0.2, 0.25) is 5.91 Å². The standard InChI is InChI=1S/C13H19ClN2O2/c1-8(2)9(3)18-7-13(17)16-12-5-4-10(15)6-11(12)14/h4-6,8-9H,7,15H2,1-3H3,(H,16,17). The van der Waals surface area contributed by atoms with Crippen LogP contribution in [0.2, 0.25) is 5.02 Å². The van der Waals surface area contributed by atoms with E-state index in [0.717, 1.165) is 0 Å². The quantitative estimate of drug-likeness (QED) is 0.809. The molecule has 18 heavy (non-hydrogen) atoms. The fraction of sp³-hybridized carbons (Fsp3) is 0.462. The number of nitrogen functional groups attached to an aromatic ring is 1. The van der Waals surface area contributed by atoms with Crippen molar-refractivity contribution in [1.29, 1.82) is 0 Å². The lowest BCUT2D eigenvalue weighted by atomic mass is 10.1. The van der Waals surface area contributed by atoms with Gasteiger partial charge in [-0.05, 0) is 31.0 Å². The Kier molecular flexibility index (Phi) is 5.44. The Morgan fingerprint density at radius 1 is 1.44 bits per heavy atom. The van der Waals surface area contributed by atoms with Crippen LogP contribution < -0.4 is 11.1 Å². The van der Waals surface area contributed by atoms with Crippen molar-refractivity contribution < 1.29 is 9.53 Å². The van der Waals surface area contributed by atoms with Crippen LogP contribution in [-0.2, 0) is 9.53 Å². The van der Waals surface area contributed by atoms with Crippen molar-refractivity contribution in [2.24, 2.45) is 5.92 Å². The van der Waals surface area contributed by atoms with Crippen LogP contribution in [0.25, 0.3) is 0 Å². The summed E-state index contributed by atoms with van der Waals surface area (Å²) in [5.41, 5.74) is 6.66. The Hall–Kier alpha value is -1.26. The number of hydrogen-bond donors (Lipinski definition) is 2. The molecule has 0 fully saturated rings. The van der Waals surface area contributed by atoms with Gasteiger partial charge in [-0.2, -0.15) is 0 Å². The molecule has 0 aliphatic heterocycles. The fourth-order valence-electron chi connectivity index (χ4n) is 1.22. The number of halogens is 1. The van der Waals surface area contributed by atoms with E-state index in [1.807, 2.05) is 20.8 Å². The maximum Gasteiger partial charge on any atom is 0.250 e. The summed E-state index contributed by atoms with van der Waals surface area (Å²) < 4.78 is 5.42. The molecule has 0 saturated heterocycles. The number of rotatable bonds is 5. The highest BCUT2D eigenvalue weighted by atomic mass is 35.5. The average Bonchev–Trinajstić information content (AvgIpc) is 2.29. The molecule has 0 radical (unpaired) electrons. The van der Waals surface area contributed by atoms with Crippen molar-refractivity contribution >= 4 is 28.9 Å². The van der Waals surface area contributed by atoms with E-state index >= 15 is 0 Å². The highest BCUT2D eigenvalue weighted by molar-refractivity contribution is 6.34. The number of nitrogens with one attached hydrogen (secondary N) is 1. The molecule has 3 N–H and O–H groups in total. The maximum absolute atomic E-state index is 11.7. The molecule has 1 atom stereocenters. The molecule has 1 aromatic rings. The minimum Gasteiger partial charge on any atom is -0.399 e. The van der Waals surface area contributed by atoms with Crippen molar-refractivity contribution in [2.75, 3.05) is 17.7 Å². The van der Waals surface area contributed by atoms with Gasteiger partial charge < -0.3 is 15.8 Å². The van der Waals surface area contributed by atoms with Crippen molar-refractivity contribution in [1.82, 2.24) is 0 Å². The molecular formula is C13H19ClN2O2. The van der Waals surface area contributed by atoms with Crippen LogP contribution in [0.3, 0.4) is 0 Å². The van der Waals surface area contributed by atoms with Crippen LogP contribution in [0, 0.1) is 5.92 Å². The number of ether oxygens (including phenoxy) is 1. The second-order valence-electron chi connectivity index (χ2n) is 4.55. The first-order valence-electron chi connectivity index (χ1n) is 5.86. The molecule has 0 saturated carbocycles. The monoisotopic (exact) mass is 270 g/mol. The van der Waals surface area contributed by atoms with E-state index in [2.05, 4.69) is 5.32 Å². The number of hydrogen-bond acceptors (Lipinski definition) is 3. The lowest BCUT2D eigenvalue weighted by molar-refractivity contribution is -0.123. The average molecular weight is 271 g/mol. The van der Waals surface area contributed by atoms with E-state index in [-0.39, 0.29) is 18.6 Å². The minimum atomic E-state index is -0.228. The largest absolute Gasteiger partial charge is 0.399 e. The molecule has 1 amide bonds. The molecule has 1 aromatic carbocycles. The molecule has 1 rings (SSSR count). The molecule has 5 heteroatoms. The SMILES string of the molecule is CC(C)C(C)OCC(=O)Nc1ccc(N)cc1Cl. The summed E-state index contributed by atoms with van der Waals surface area (Å²) in [6, 6.07) is 4.94. The summed E-state index contributed by atoms with van der Waals surface area (Å²) in [5, 5.41) is 3.10. The van der Waals surface area contributed by atoms with Crippen molar-refractivity contribution in [3.63, 3.8) is 0 Å². The Morgan fingerprint density at radius 2 is 2.11 bits per heavy atom. The number of nitrogens with two attached hydrogens (primary N) is 1. The van der Waals surface area contributed by atoms with Crippen LogP contribution in [-0.4, -0.2) is 18.6 Å². The molecule has 0 aliphatic carbocycles. The van der Waals surface area contributed by atoms with E-state index in [9.17, 15) is 4.79 Å².